The third-order valence-electron chi connectivity index (χ3n) is 3.97. The molecule has 0 saturated heterocycles. The van der Waals surface area contributed by atoms with Crippen LogP contribution in [0.2, 0.25) is 0 Å². The lowest BCUT2D eigenvalue weighted by Gasteiger charge is -2.07. The molecule has 7 heteroatoms. The fourth-order valence-electron chi connectivity index (χ4n) is 2.46. The molecule has 0 saturated carbocycles. The van der Waals surface area contributed by atoms with Crippen molar-refractivity contribution in [3.63, 3.8) is 0 Å². The number of rotatable bonds is 6. The molecule has 3 aromatic rings. The van der Waals surface area contributed by atoms with E-state index in [0.717, 1.165) is 11.1 Å². The summed E-state index contributed by atoms with van der Waals surface area (Å²) in [5.41, 5.74) is 5.37. The van der Waals surface area contributed by atoms with E-state index in [1.54, 1.807) is 24.3 Å². The predicted octanol–water partition coefficient (Wildman–Crippen LogP) is 3.17. The average molecular weight is 387 g/mol. The van der Waals surface area contributed by atoms with E-state index in [9.17, 15) is 15.0 Å². The Labute approximate surface area is 167 Å². The van der Waals surface area contributed by atoms with Gasteiger partial charge in [0.1, 0.15) is 5.75 Å². The second-order valence-corrected chi connectivity index (χ2v) is 6.04. The van der Waals surface area contributed by atoms with E-state index in [0.29, 0.717) is 16.9 Å². The van der Waals surface area contributed by atoms with Gasteiger partial charge in [0.15, 0.2) is 18.1 Å². The van der Waals surface area contributed by atoms with Crippen LogP contribution in [0.4, 0.5) is 0 Å². The number of benzene rings is 3. The maximum absolute atomic E-state index is 11.8. The summed E-state index contributed by atoms with van der Waals surface area (Å²) in [6.07, 6.45) is 1.34. The molecular formula is C22H17N3O4. The van der Waals surface area contributed by atoms with Crippen LogP contribution >= 0.6 is 0 Å². The van der Waals surface area contributed by atoms with Gasteiger partial charge in [-0.3, -0.25) is 4.79 Å². The number of nitrogens with one attached hydrogen (secondary N) is 1. The number of aromatic hydroxyl groups is 2. The van der Waals surface area contributed by atoms with Crippen molar-refractivity contribution in [2.24, 2.45) is 5.10 Å². The molecule has 144 valence electrons. The highest BCUT2D eigenvalue weighted by Gasteiger charge is 2.03. The Morgan fingerprint density at radius 3 is 2.28 bits per heavy atom. The van der Waals surface area contributed by atoms with Gasteiger partial charge >= 0.3 is 0 Å². The number of hydrogen-bond donors (Lipinski definition) is 3. The molecule has 0 bridgehead atoms. The molecule has 0 fully saturated rings. The van der Waals surface area contributed by atoms with E-state index in [1.807, 2.05) is 24.3 Å². The van der Waals surface area contributed by atoms with Crippen molar-refractivity contribution < 1.29 is 19.7 Å². The minimum Gasteiger partial charge on any atom is -0.504 e. The van der Waals surface area contributed by atoms with Gasteiger partial charge in [-0.25, -0.2) is 5.43 Å². The fourth-order valence-corrected chi connectivity index (χ4v) is 2.46. The van der Waals surface area contributed by atoms with E-state index in [4.69, 9.17) is 10.00 Å². The van der Waals surface area contributed by atoms with E-state index >= 15 is 0 Å². The van der Waals surface area contributed by atoms with Crippen molar-refractivity contribution in [1.82, 2.24) is 5.43 Å². The number of phenolic OH excluding ortho intramolecular Hbond substituents is 2. The van der Waals surface area contributed by atoms with Crippen molar-refractivity contribution in [2.75, 3.05) is 6.61 Å². The molecule has 3 aromatic carbocycles. The summed E-state index contributed by atoms with van der Waals surface area (Å²) >= 11 is 0. The number of nitriles is 1. The normalized spacial score (nSPS) is 10.4. The number of carbonyl (C=O) groups is 1. The third-order valence-corrected chi connectivity index (χ3v) is 3.97. The maximum Gasteiger partial charge on any atom is 0.277 e. The van der Waals surface area contributed by atoms with E-state index < -0.39 is 5.91 Å². The van der Waals surface area contributed by atoms with Gasteiger partial charge in [0.2, 0.25) is 0 Å². The average Bonchev–Trinajstić information content (AvgIpc) is 2.75. The van der Waals surface area contributed by atoms with Crippen LogP contribution in [0.3, 0.4) is 0 Å². The predicted molar refractivity (Wildman–Crippen MR) is 108 cm³/mol. The summed E-state index contributed by atoms with van der Waals surface area (Å²) in [6, 6.07) is 20.7. The van der Waals surface area contributed by atoms with Crippen molar-refractivity contribution in [3.8, 4) is 34.4 Å². The largest absolute Gasteiger partial charge is 0.504 e. The van der Waals surface area contributed by atoms with Crippen LogP contribution in [-0.4, -0.2) is 28.9 Å². The molecule has 0 atom stereocenters. The molecule has 0 aliphatic carbocycles. The zero-order valence-corrected chi connectivity index (χ0v) is 15.2. The Kier molecular flexibility index (Phi) is 6.08. The summed E-state index contributed by atoms with van der Waals surface area (Å²) in [4.78, 5) is 11.8. The number of carbonyl (C=O) groups excluding carboxylic acids is 1. The van der Waals surface area contributed by atoms with E-state index in [1.165, 1.54) is 24.4 Å². The fraction of sp³-hybridized carbons (Fsp3) is 0.0455. The number of phenols is 2. The molecule has 0 aliphatic rings. The minimum atomic E-state index is -0.444. The van der Waals surface area contributed by atoms with Crippen molar-refractivity contribution >= 4 is 12.1 Å². The number of nitrogens with zero attached hydrogens (tertiary/aromatic N) is 2. The monoisotopic (exact) mass is 387 g/mol. The zero-order valence-electron chi connectivity index (χ0n) is 15.2. The van der Waals surface area contributed by atoms with Crippen LogP contribution in [0.5, 0.6) is 17.2 Å². The molecule has 3 N–H and O–H groups in total. The zero-order chi connectivity index (χ0) is 20.6. The Balaban J connectivity index is 1.50. The lowest BCUT2D eigenvalue weighted by Crippen LogP contribution is -2.24. The van der Waals surface area contributed by atoms with Gasteiger partial charge in [-0.05, 0) is 59.2 Å². The maximum atomic E-state index is 11.8. The molecule has 0 aromatic heterocycles. The highest BCUT2D eigenvalue weighted by atomic mass is 16.5. The summed E-state index contributed by atoms with van der Waals surface area (Å²) in [6.45, 7) is -0.214. The van der Waals surface area contributed by atoms with Gasteiger partial charge < -0.3 is 14.9 Å². The summed E-state index contributed by atoms with van der Waals surface area (Å²) in [5, 5.41) is 31.3. The van der Waals surface area contributed by atoms with Crippen molar-refractivity contribution in [3.05, 3.63) is 77.9 Å². The third kappa shape index (κ3) is 5.34. The minimum absolute atomic E-state index is 0.214. The number of amides is 1. The first kappa shape index (κ1) is 19.5. The van der Waals surface area contributed by atoms with Crippen LogP contribution in [0.15, 0.2) is 71.8 Å². The highest BCUT2D eigenvalue weighted by molar-refractivity contribution is 5.83. The Morgan fingerprint density at radius 1 is 1.00 bits per heavy atom. The number of ether oxygens (including phenoxy) is 1. The Morgan fingerprint density at radius 2 is 1.66 bits per heavy atom. The smallest absolute Gasteiger partial charge is 0.277 e. The van der Waals surface area contributed by atoms with Crippen LogP contribution in [0.25, 0.3) is 11.1 Å². The van der Waals surface area contributed by atoms with E-state index in [2.05, 4.69) is 16.6 Å². The van der Waals surface area contributed by atoms with Gasteiger partial charge in [-0.15, -0.1) is 0 Å². The first-order chi connectivity index (χ1) is 14.0. The quantitative estimate of drug-likeness (QED) is 0.341. The SMILES string of the molecule is N#Cc1ccc(-c2ccc(OCC(=O)NN=Cc3ccc(O)c(O)c3)cc2)cc1. The summed E-state index contributed by atoms with van der Waals surface area (Å²) in [5.74, 6) is -0.414. The van der Waals surface area contributed by atoms with Gasteiger partial charge in [-0.1, -0.05) is 24.3 Å². The molecule has 0 aliphatic heterocycles. The van der Waals surface area contributed by atoms with Gasteiger partial charge in [0.25, 0.3) is 5.91 Å². The van der Waals surface area contributed by atoms with Gasteiger partial charge in [0.05, 0.1) is 17.8 Å². The standard InChI is InChI=1S/C22H17N3O4/c23-12-15-1-4-17(5-2-15)18-6-8-19(9-7-18)29-14-22(28)25-24-13-16-3-10-20(26)21(27)11-16/h1-11,13,26-27H,14H2,(H,25,28). The summed E-state index contributed by atoms with van der Waals surface area (Å²) < 4.78 is 5.43. The molecule has 7 nitrogen and oxygen atoms in total. The van der Waals surface area contributed by atoms with Crippen molar-refractivity contribution in [2.45, 2.75) is 0 Å². The first-order valence-electron chi connectivity index (χ1n) is 8.62. The molecule has 0 radical (unpaired) electrons. The lowest BCUT2D eigenvalue weighted by molar-refractivity contribution is -0.123. The second-order valence-electron chi connectivity index (χ2n) is 6.04. The van der Waals surface area contributed by atoms with Crippen LogP contribution in [0, 0.1) is 11.3 Å². The number of hydrogen-bond acceptors (Lipinski definition) is 6. The summed E-state index contributed by atoms with van der Waals surface area (Å²) in [7, 11) is 0. The Bertz CT molecular complexity index is 1070. The molecule has 0 unspecified atom stereocenters. The van der Waals surface area contributed by atoms with Crippen LogP contribution in [-0.2, 0) is 4.79 Å². The highest BCUT2D eigenvalue weighted by Crippen LogP contribution is 2.24. The van der Waals surface area contributed by atoms with Crippen LogP contribution < -0.4 is 10.2 Å². The molecule has 29 heavy (non-hydrogen) atoms. The molecule has 0 spiro atoms. The molecule has 0 heterocycles. The Hall–Kier alpha value is -4.31. The topological polar surface area (TPSA) is 115 Å². The molecule has 3 rings (SSSR count). The lowest BCUT2D eigenvalue weighted by atomic mass is 10.0. The van der Waals surface area contributed by atoms with Crippen LogP contribution in [0.1, 0.15) is 11.1 Å². The first-order valence-corrected chi connectivity index (χ1v) is 8.62. The molecular weight excluding hydrogens is 370 g/mol. The second kappa shape index (κ2) is 9.06. The van der Waals surface area contributed by atoms with Gasteiger partial charge in [0, 0.05) is 0 Å². The van der Waals surface area contributed by atoms with E-state index in [-0.39, 0.29) is 18.1 Å². The van der Waals surface area contributed by atoms with Crippen molar-refractivity contribution in [1.29, 1.82) is 5.26 Å². The molecule has 1 amide bonds. The number of hydrazone groups is 1. The van der Waals surface area contributed by atoms with Gasteiger partial charge in [-0.2, -0.15) is 10.4 Å².